The minimum Gasteiger partial charge on any atom is -0.103 e. The van der Waals surface area contributed by atoms with E-state index >= 15 is 0 Å². The molecular formula is C17H32. The Hall–Kier alpha value is -0.520. The van der Waals surface area contributed by atoms with Crippen LogP contribution < -0.4 is 0 Å². The van der Waals surface area contributed by atoms with Crippen LogP contribution in [0.1, 0.15) is 83.5 Å². The van der Waals surface area contributed by atoms with E-state index in [0.717, 1.165) is 0 Å². The summed E-state index contributed by atoms with van der Waals surface area (Å²) in [5.41, 5.74) is 0. The maximum Gasteiger partial charge on any atom is -0.0353 e. The van der Waals surface area contributed by atoms with Crippen LogP contribution in [-0.2, 0) is 0 Å². The molecule has 0 atom stereocenters. The third-order valence-electron chi connectivity index (χ3n) is 3.32. The zero-order valence-electron chi connectivity index (χ0n) is 11.8. The number of hydrogen-bond donors (Lipinski definition) is 0. The fraction of sp³-hybridized carbons (Fsp3) is 0.765. The lowest BCUT2D eigenvalue weighted by molar-refractivity contribution is 0.547. The van der Waals surface area contributed by atoms with Crippen LogP contribution in [0.3, 0.4) is 0 Å². The van der Waals surface area contributed by atoms with Gasteiger partial charge in [-0.1, -0.05) is 69.9 Å². The van der Waals surface area contributed by atoms with Crippen molar-refractivity contribution in [2.24, 2.45) is 0 Å². The van der Waals surface area contributed by atoms with Gasteiger partial charge in [-0.3, -0.25) is 0 Å². The molecule has 0 radical (unpaired) electrons. The number of allylic oxidation sites excluding steroid dienone is 2. The SMILES string of the molecule is C=CCCCCCCCCCCCCCC=C. The number of hydrogen-bond acceptors (Lipinski definition) is 0. The lowest BCUT2D eigenvalue weighted by atomic mass is 10.0. The van der Waals surface area contributed by atoms with Gasteiger partial charge in [0.15, 0.2) is 0 Å². The first-order chi connectivity index (χ1) is 8.41. The fourth-order valence-corrected chi connectivity index (χ4v) is 2.17. The first kappa shape index (κ1) is 16.5. The summed E-state index contributed by atoms with van der Waals surface area (Å²) in [5.74, 6) is 0. The second-order valence-electron chi connectivity index (χ2n) is 5.04. The van der Waals surface area contributed by atoms with Gasteiger partial charge in [0.2, 0.25) is 0 Å². The molecule has 0 saturated heterocycles. The summed E-state index contributed by atoms with van der Waals surface area (Å²) < 4.78 is 0. The van der Waals surface area contributed by atoms with Crippen LogP contribution >= 0.6 is 0 Å². The average molecular weight is 236 g/mol. The molecule has 0 aliphatic rings. The molecule has 0 N–H and O–H groups in total. The molecule has 100 valence electrons. The molecule has 0 heterocycles. The Bertz CT molecular complexity index is 139. The van der Waals surface area contributed by atoms with Crippen molar-refractivity contribution >= 4 is 0 Å². The molecule has 0 bridgehead atoms. The van der Waals surface area contributed by atoms with Gasteiger partial charge in [-0.2, -0.15) is 0 Å². The molecule has 0 rings (SSSR count). The van der Waals surface area contributed by atoms with Crippen molar-refractivity contribution in [1.29, 1.82) is 0 Å². The Morgan fingerprint density at radius 1 is 0.412 bits per heavy atom. The van der Waals surface area contributed by atoms with E-state index in [1.54, 1.807) is 0 Å². The van der Waals surface area contributed by atoms with Crippen molar-refractivity contribution in [3.05, 3.63) is 25.3 Å². The van der Waals surface area contributed by atoms with Crippen LogP contribution in [0.2, 0.25) is 0 Å². The van der Waals surface area contributed by atoms with E-state index in [9.17, 15) is 0 Å². The summed E-state index contributed by atoms with van der Waals surface area (Å²) in [6, 6.07) is 0. The smallest absolute Gasteiger partial charge is 0.0353 e. The summed E-state index contributed by atoms with van der Waals surface area (Å²) in [7, 11) is 0. The lowest BCUT2D eigenvalue weighted by Crippen LogP contribution is -1.82. The topological polar surface area (TPSA) is 0 Å². The fourth-order valence-electron chi connectivity index (χ4n) is 2.17. The van der Waals surface area contributed by atoms with E-state index in [-0.39, 0.29) is 0 Å². The van der Waals surface area contributed by atoms with Crippen LogP contribution in [-0.4, -0.2) is 0 Å². The second-order valence-corrected chi connectivity index (χ2v) is 5.04. The van der Waals surface area contributed by atoms with Crippen LogP contribution in [0, 0.1) is 0 Å². The van der Waals surface area contributed by atoms with Gasteiger partial charge in [-0.05, 0) is 25.7 Å². The van der Waals surface area contributed by atoms with Gasteiger partial charge in [-0.15, -0.1) is 13.2 Å². The van der Waals surface area contributed by atoms with E-state index in [1.165, 1.54) is 83.5 Å². The molecule has 0 nitrogen and oxygen atoms in total. The predicted molar refractivity (Wildman–Crippen MR) is 80.4 cm³/mol. The van der Waals surface area contributed by atoms with E-state index in [4.69, 9.17) is 0 Å². The Labute approximate surface area is 109 Å². The molecule has 0 spiro atoms. The Morgan fingerprint density at radius 2 is 0.647 bits per heavy atom. The van der Waals surface area contributed by atoms with Crippen LogP contribution in [0.4, 0.5) is 0 Å². The highest BCUT2D eigenvalue weighted by molar-refractivity contribution is 4.66. The monoisotopic (exact) mass is 236 g/mol. The molecule has 0 unspecified atom stereocenters. The van der Waals surface area contributed by atoms with Crippen molar-refractivity contribution < 1.29 is 0 Å². The Morgan fingerprint density at radius 3 is 0.882 bits per heavy atom. The molecule has 0 saturated carbocycles. The van der Waals surface area contributed by atoms with Gasteiger partial charge in [0.05, 0.1) is 0 Å². The summed E-state index contributed by atoms with van der Waals surface area (Å²) in [6.07, 6.45) is 22.0. The zero-order chi connectivity index (χ0) is 12.6. The number of rotatable bonds is 14. The first-order valence-corrected chi connectivity index (χ1v) is 7.63. The molecule has 0 amide bonds. The minimum atomic E-state index is 1.20. The van der Waals surface area contributed by atoms with E-state index < -0.39 is 0 Å². The first-order valence-electron chi connectivity index (χ1n) is 7.63. The molecule has 0 aliphatic carbocycles. The highest BCUT2D eigenvalue weighted by atomic mass is 14.0. The van der Waals surface area contributed by atoms with E-state index in [2.05, 4.69) is 13.2 Å². The van der Waals surface area contributed by atoms with Crippen molar-refractivity contribution in [3.8, 4) is 0 Å². The maximum absolute atomic E-state index is 3.75. The normalized spacial score (nSPS) is 10.4. The molecule has 0 aromatic carbocycles. The molecule has 17 heavy (non-hydrogen) atoms. The summed E-state index contributed by atoms with van der Waals surface area (Å²) in [6.45, 7) is 7.50. The van der Waals surface area contributed by atoms with Gasteiger partial charge in [0.25, 0.3) is 0 Å². The van der Waals surface area contributed by atoms with E-state index in [1.807, 2.05) is 12.2 Å². The third-order valence-corrected chi connectivity index (χ3v) is 3.32. The second kappa shape index (κ2) is 15.5. The molecule has 0 fully saturated rings. The standard InChI is InChI=1S/C17H32/c1-3-5-7-9-11-13-15-17-16-14-12-10-8-6-4-2/h3-4H,1-2,5-17H2. The van der Waals surface area contributed by atoms with Crippen molar-refractivity contribution in [1.82, 2.24) is 0 Å². The Kier molecular flexibility index (Phi) is 15.0. The van der Waals surface area contributed by atoms with Gasteiger partial charge >= 0.3 is 0 Å². The van der Waals surface area contributed by atoms with Crippen LogP contribution in [0.15, 0.2) is 25.3 Å². The summed E-state index contributed by atoms with van der Waals surface area (Å²) >= 11 is 0. The van der Waals surface area contributed by atoms with Crippen LogP contribution in [0.25, 0.3) is 0 Å². The quantitative estimate of drug-likeness (QED) is 0.241. The Balaban J connectivity index is 2.89. The minimum absolute atomic E-state index is 1.20. The average Bonchev–Trinajstić information content (AvgIpc) is 2.35. The predicted octanol–water partition coefficient (Wildman–Crippen LogP) is 6.43. The van der Waals surface area contributed by atoms with Gasteiger partial charge in [0.1, 0.15) is 0 Å². The third kappa shape index (κ3) is 15.5. The largest absolute Gasteiger partial charge is 0.103 e. The number of unbranched alkanes of at least 4 members (excludes halogenated alkanes) is 12. The van der Waals surface area contributed by atoms with Crippen molar-refractivity contribution in [3.63, 3.8) is 0 Å². The molecule has 0 heteroatoms. The zero-order valence-corrected chi connectivity index (χ0v) is 11.8. The molecule has 0 aromatic heterocycles. The highest BCUT2D eigenvalue weighted by Crippen LogP contribution is 2.12. The van der Waals surface area contributed by atoms with Crippen molar-refractivity contribution in [2.75, 3.05) is 0 Å². The van der Waals surface area contributed by atoms with Gasteiger partial charge in [0, 0.05) is 0 Å². The molecule has 0 aromatic rings. The van der Waals surface area contributed by atoms with Gasteiger partial charge in [-0.25, -0.2) is 0 Å². The van der Waals surface area contributed by atoms with Gasteiger partial charge < -0.3 is 0 Å². The van der Waals surface area contributed by atoms with E-state index in [0.29, 0.717) is 0 Å². The van der Waals surface area contributed by atoms with Crippen LogP contribution in [0.5, 0.6) is 0 Å². The highest BCUT2D eigenvalue weighted by Gasteiger charge is 1.92. The molecule has 0 aliphatic heterocycles. The summed E-state index contributed by atoms with van der Waals surface area (Å²) in [5, 5.41) is 0. The van der Waals surface area contributed by atoms with Crippen molar-refractivity contribution in [2.45, 2.75) is 83.5 Å². The maximum atomic E-state index is 3.75. The lowest BCUT2D eigenvalue weighted by Gasteiger charge is -2.02. The molecular weight excluding hydrogens is 204 g/mol. The summed E-state index contributed by atoms with van der Waals surface area (Å²) in [4.78, 5) is 0.